The highest BCUT2D eigenvalue weighted by atomic mass is 19.1. The number of rotatable bonds is 3. The summed E-state index contributed by atoms with van der Waals surface area (Å²) < 4.78 is 13.2. The van der Waals surface area contributed by atoms with Gasteiger partial charge in [-0.25, -0.2) is 4.39 Å². The number of aromatic hydroxyl groups is 1. The van der Waals surface area contributed by atoms with E-state index < -0.39 is 11.7 Å². The lowest BCUT2D eigenvalue weighted by Crippen LogP contribution is -2.26. The second-order valence-electron chi connectivity index (χ2n) is 4.81. The lowest BCUT2D eigenvalue weighted by atomic mass is 10.1. The first-order chi connectivity index (χ1) is 9.47. The fourth-order valence-electron chi connectivity index (χ4n) is 1.92. The molecule has 0 aliphatic heterocycles. The van der Waals surface area contributed by atoms with Crippen LogP contribution in [0.15, 0.2) is 42.5 Å². The van der Waals surface area contributed by atoms with Crippen molar-refractivity contribution in [2.45, 2.75) is 13.5 Å². The van der Waals surface area contributed by atoms with Crippen molar-refractivity contribution in [1.82, 2.24) is 4.90 Å². The third kappa shape index (κ3) is 3.15. The largest absolute Gasteiger partial charge is 0.507 e. The molecule has 2 aromatic carbocycles. The molecule has 0 fully saturated rings. The standard InChI is InChI=1S/C16H16FNO2/c1-11-3-5-12(6-4-11)10-18(2)16(20)14-9-13(17)7-8-15(14)19/h3-9,19H,10H2,1-2H3. The van der Waals surface area contributed by atoms with E-state index in [-0.39, 0.29) is 11.3 Å². The summed E-state index contributed by atoms with van der Waals surface area (Å²) in [5.74, 6) is -1.18. The van der Waals surface area contributed by atoms with Crippen LogP contribution in [-0.2, 0) is 6.54 Å². The van der Waals surface area contributed by atoms with Crippen molar-refractivity contribution in [2.24, 2.45) is 0 Å². The van der Waals surface area contributed by atoms with Gasteiger partial charge >= 0.3 is 0 Å². The van der Waals surface area contributed by atoms with Gasteiger partial charge in [0.2, 0.25) is 0 Å². The lowest BCUT2D eigenvalue weighted by molar-refractivity contribution is 0.0781. The Balaban J connectivity index is 2.16. The highest BCUT2D eigenvalue weighted by molar-refractivity contribution is 5.96. The summed E-state index contributed by atoms with van der Waals surface area (Å²) in [6.45, 7) is 2.39. The average Bonchev–Trinajstić information content (AvgIpc) is 2.43. The number of amides is 1. The maximum atomic E-state index is 13.2. The molecule has 0 bridgehead atoms. The van der Waals surface area contributed by atoms with Crippen molar-refractivity contribution in [2.75, 3.05) is 7.05 Å². The fraction of sp³-hybridized carbons (Fsp3) is 0.188. The van der Waals surface area contributed by atoms with Crippen molar-refractivity contribution >= 4 is 5.91 Å². The minimum atomic E-state index is -0.546. The molecule has 0 saturated carbocycles. The number of hydrogen-bond donors (Lipinski definition) is 1. The molecule has 0 unspecified atom stereocenters. The Bertz CT molecular complexity index is 623. The first-order valence-electron chi connectivity index (χ1n) is 6.27. The van der Waals surface area contributed by atoms with Crippen LogP contribution in [0.25, 0.3) is 0 Å². The van der Waals surface area contributed by atoms with Crippen LogP contribution in [0.3, 0.4) is 0 Å². The third-order valence-electron chi connectivity index (χ3n) is 3.08. The first-order valence-corrected chi connectivity index (χ1v) is 6.27. The smallest absolute Gasteiger partial charge is 0.257 e. The zero-order valence-corrected chi connectivity index (χ0v) is 11.4. The van der Waals surface area contributed by atoms with E-state index in [1.807, 2.05) is 31.2 Å². The molecule has 1 N–H and O–H groups in total. The van der Waals surface area contributed by atoms with E-state index in [9.17, 15) is 14.3 Å². The zero-order chi connectivity index (χ0) is 14.7. The van der Waals surface area contributed by atoms with Crippen LogP contribution < -0.4 is 0 Å². The summed E-state index contributed by atoms with van der Waals surface area (Å²) >= 11 is 0. The maximum absolute atomic E-state index is 13.2. The Kier molecular flexibility index (Phi) is 4.03. The molecule has 104 valence electrons. The highest BCUT2D eigenvalue weighted by Gasteiger charge is 2.16. The average molecular weight is 273 g/mol. The van der Waals surface area contributed by atoms with Crippen LogP contribution in [0.4, 0.5) is 4.39 Å². The van der Waals surface area contributed by atoms with Gasteiger partial charge in [0.05, 0.1) is 5.56 Å². The number of phenolic OH excluding ortho intramolecular Hbond substituents is 1. The summed E-state index contributed by atoms with van der Waals surface area (Å²) in [7, 11) is 1.62. The van der Waals surface area contributed by atoms with E-state index in [0.29, 0.717) is 6.54 Å². The number of hydrogen-bond acceptors (Lipinski definition) is 2. The van der Waals surface area contributed by atoms with Crippen molar-refractivity contribution in [3.05, 3.63) is 65.0 Å². The minimum Gasteiger partial charge on any atom is -0.507 e. The van der Waals surface area contributed by atoms with Crippen LogP contribution in [0.5, 0.6) is 5.75 Å². The normalized spacial score (nSPS) is 10.3. The molecule has 0 saturated heterocycles. The van der Waals surface area contributed by atoms with E-state index in [1.165, 1.54) is 11.0 Å². The van der Waals surface area contributed by atoms with Gasteiger partial charge in [0.1, 0.15) is 11.6 Å². The first kappa shape index (κ1) is 14.1. The van der Waals surface area contributed by atoms with Gasteiger partial charge in [-0.1, -0.05) is 29.8 Å². The van der Waals surface area contributed by atoms with Crippen molar-refractivity contribution in [1.29, 1.82) is 0 Å². The van der Waals surface area contributed by atoms with Gasteiger partial charge in [-0.15, -0.1) is 0 Å². The molecule has 0 aromatic heterocycles. The Morgan fingerprint density at radius 1 is 1.20 bits per heavy atom. The van der Waals surface area contributed by atoms with Crippen molar-refractivity contribution in [3.8, 4) is 5.75 Å². The molecule has 0 heterocycles. The highest BCUT2D eigenvalue weighted by Crippen LogP contribution is 2.20. The molecule has 0 aliphatic carbocycles. The van der Waals surface area contributed by atoms with Gasteiger partial charge < -0.3 is 10.0 Å². The number of halogens is 1. The van der Waals surface area contributed by atoms with Crippen LogP contribution >= 0.6 is 0 Å². The lowest BCUT2D eigenvalue weighted by Gasteiger charge is -2.18. The molecule has 3 nitrogen and oxygen atoms in total. The zero-order valence-electron chi connectivity index (χ0n) is 11.4. The molecule has 20 heavy (non-hydrogen) atoms. The third-order valence-corrected chi connectivity index (χ3v) is 3.08. The molecule has 4 heteroatoms. The summed E-state index contributed by atoms with van der Waals surface area (Å²) in [6.07, 6.45) is 0. The van der Waals surface area contributed by atoms with Gasteiger partial charge in [-0.3, -0.25) is 4.79 Å². The van der Waals surface area contributed by atoms with E-state index in [4.69, 9.17) is 0 Å². The molecule has 2 aromatic rings. The molecular formula is C16H16FNO2. The molecule has 1 amide bonds. The van der Waals surface area contributed by atoms with Crippen LogP contribution in [0.2, 0.25) is 0 Å². The van der Waals surface area contributed by atoms with Gasteiger partial charge in [-0.05, 0) is 30.7 Å². The predicted molar refractivity (Wildman–Crippen MR) is 75.0 cm³/mol. The van der Waals surface area contributed by atoms with Crippen molar-refractivity contribution < 1.29 is 14.3 Å². The minimum absolute atomic E-state index is 0.0281. The molecule has 0 aliphatic rings. The maximum Gasteiger partial charge on any atom is 0.257 e. The van der Waals surface area contributed by atoms with E-state index in [0.717, 1.165) is 23.3 Å². The van der Waals surface area contributed by atoms with Gasteiger partial charge in [0.25, 0.3) is 5.91 Å². The number of phenols is 1. The monoisotopic (exact) mass is 273 g/mol. The molecule has 0 spiro atoms. The summed E-state index contributed by atoms with van der Waals surface area (Å²) in [6, 6.07) is 11.1. The van der Waals surface area contributed by atoms with Crippen LogP contribution in [0.1, 0.15) is 21.5 Å². The fourth-order valence-corrected chi connectivity index (χ4v) is 1.92. The molecule has 0 atom stereocenters. The summed E-state index contributed by atoms with van der Waals surface area (Å²) in [5.41, 5.74) is 2.09. The van der Waals surface area contributed by atoms with Gasteiger partial charge in [-0.2, -0.15) is 0 Å². The Labute approximate surface area is 117 Å². The number of carbonyl (C=O) groups is 1. The van der Waals surface area contributed by atoms with Crippen molar-refractivity contribution in [3.63, 3.8) is 0 Å². The Morgan fingerprint density at radius 3 is 2.50 bits per heavy atom. The Hall–Kier alpha value is -2.36. The van der Waals surface area contributed by atoms with E-state index >= 15 is 0 Å². The topological polar surface area (TPSA) is 40.5 Å². The van der Waals surface area contributed by atoms with E-state index in [2.05, 4.69) is 0 Å². The Morgan fingerprint density at radius 2 is 1.85 bits per heavy atom. The van der Waals surface area contributed by atoms with Gasteiger partial charge in [0.15, 0.2) is 0 Å². The second kappa shape index (κ2) is 5.74. The van der Waals surface area contributed by atoms with E-state index in [1.54, 1.807) is 7.05 Å². The second-order valence-corrected chi connectivity index (χ2v) is 4.81. The van der Waals surface area contributed by atoms with Gasteiger partial charge in [0, 0.05) is 13.6 Å². The number of carbonyl (C=O) groups excluding carboxylic acids is 1. The van der Waals surface area contributed by atoms with Crippen LogP contribution in [0, 0.1) is 12.7 Å². The predicted octanol–water partition coefficient (Wildman–Crippen LogP) is 3.11. The summed E-state index contributed by atoms with van der Waals surface area (Å²) in [4.78, 5) is 13.6. The SMILES string of the molecule is Cc1ccc(CN(C)C(=O)c2cc(F)ccc2O)cc1. The molecule has 0 radical (unpaired) electrons. The number of benzene rings is 2. The van der Waals surface area contributed by atoms with Crippen LogP contribution in [-0.4, -0.2) is 23.0 Å². The summed E-state index contributed by atoms with van der Waals surface area (Å²) in [5, 5.41) is 9.64. The quantitative estimate of drug-likeness (QED) is 0.933. The molecule has 2 rings (SSSR count). The number of aryl methyl sites for hydroxylation is 1. The molecular weight excluding hydrogens is 257 g/mol. The number of nitrogens with zero attached hydrogens (tertiary/aromatic N) is 1.